The number of hydrogen-bond donors (Lipinski definition) is 0. The van der Waals surface area contributed by atoms with Crippen molar-refractivity contribution in [1.29, 1.82) is 0 Å². The van der Waals surface area contributed by atoms with Crippen LogP contribution in [0.25, 0.3) is 6.08 Å². The molecule has 0 unspecified atom stereocenters. The van der Waals surface area contributed by atoms with E-state index in [9.17, 15) is 18.8 Å². The average Bonchev–Trinajstić information content (AvgIpc) is 3.27. The van der Waals surface area contributed by atoms with Crippen LogP contribution in [-0.2, 0) is 9.53 Å². The van der Waals surface area contributed by atoms with Crippen LogP contribution in [0.2, 0.25) is 0 Å². The number of carbonyl (C=O) groups is 2. The molecule has 0 saturated heterocycles. The molecule has 3 aromatic carbocycles. The second-order valence-corrected chi connectivity index (χ2v) is 10.0. The first-order valence-corrected chi connectivity index (χ1v) is 13.5. The maximum absolute atomic E-state index is 13.7. The van der Waals surface area contributed by atoms with Gasteiger partial charge in [-0.2, -0.15) is 0 Å². The number of ether oxygens (including phenoxy) is 3. The second kappa shape index (κ2) is 11.7. The molecular formula is C31H25FN2O6S. The normalized spacial score (nSPS) is 14.7. The smallest absolute Gasteiger partial charge is 0.343 e. The molecule has 0 aliphatic carbocycles. The number of fused-ring (bicyclic) bond motifs is 1. The second-order valence-electron chi connectivity index (χ2n) is 9.04. The number of rotatable bonds is 7. The first-order valence-electron chi connectivity index (χ1n) is 12.7. The van der Waals surface area contributed by atoms with E-state index >= 15 is 0 Å². The number of aromatic nitrogens is 1. The van der Waals surface area contributed by atoms with Gasteiger partial charge in [-0.1, -0.05) is 35.6 Å². The number of carbonyl (C=O) groups excluding carboxylic acids is 2. The number of benzene rings is 3. The molecule has 0 fully saturated rings. The fourth-order valence-corrected chi connectivity index (χ4v) is 5.48. The molecule has 0 bridgehead atoms. The monoisotopic (exact) mass is 572 g/mol. The van der Waals surface area contributed by atoms with Crippen molar-refractivity contribution >= 4 is 29.4 Å². The summed E-state index contributed by atoms with van der Waals surface area (Å²) in [6.07, 6.45) is 1.70. The fourth-order valence-electron chi connectivity index (χ4n) is 4.43. The molecular weight excluding hydrogens is 547 g/mol. The number of esters is 2. The Balaban J connectivity index is 1.47. The van der Waals surface area contributed by atoms with Gasteiger partial charge in [0, 0.05) is 0 Å². The van der Waals surface area contributed by atoms with Crippen molar-refractivity contribution in [2.75, 3.05) is 13.7 Å². The highest BCUT2D eigenvalue weighted by molar-refractivity contribution is 7.07. The highest BCUT2D eigenvalue weighted by Gasteiger charge is 2.33. The summed E-state index contributed by atoms with van der Waals surface area (Å²) in [7, 11) is 1.54. The maximum Gasteiger partial charge on any atom is 0.343 e. The summed E-state index contributed by atoms with van der Waals surface area (Å²) in [5.41, 5.74) is 1.92. The van der Waals surface area contributed by atoms with Gasteiger partial charge in [0.15, 0.2) is 4.80 Å². The van der Waals surface area contributed by atoms with Crippen molar-refractivity contribution in [3.8, 4) is 11.5 Å². The van der Waals surface area contributed by atoms with Gasteiger partial charge in [0.25, 0.3) is 5.56 Å². The third-order valence-electron chi connectivity index (χ3n) is 6.42. The van der Waals surface area contributed by atoms with E-state index in [2.05, 4.69) is 4.99 Å². The number of halogens is 1. The molecule has 0 N–H and O–H groups in total. The Bertz CT molecular complexity index is 1820. The summed E-state index contributed by atoms with van der Waals surface area (Å²) in [6, 6.07) is 18.1. The van der Waals surface area contributed by atoms with Crippen molar-refractivity contribution in [1.82, 2.24) is 4.57 Å². The van der Waals surface area contributed by atoms with Crippen LogP contribution in [0.5, 0.6) is 11.5 Å². The number of allylic oxidation sites excluding steroid dienone is 1. The van der Waals surface area contributed by atoms with Gasteiger partial charge in [-0.25, -0.2) is 19.0 Å². The van der Waals surface area contributed by atoms with E-state index in [-0.39, 0.29) is 17.7 Å². The lowest BCUT2D eigenvalue weighted by molar-refractivity contribution is -0.139. The summed E-state index contributed by atoms with van der Waals surface area (Å²) in [6.45, 7) is 3.54. The molecule has 1 aliphatic heterocycles. The molecule has 2 heterocycles. The molecule has 0 spiro atoms. The highest BCUT2D eigenvalue weighted by atomic mass is 32.1. The van der Waals surface area contributed by atoms with Crippen LogP contribution >= 0.6 is 11.3 Å². The van der Waals surface area contributed by atoms with Crippen molar-refractivity contribution in [3.05, 3.63) is 126 Å². The highest BCUT2D eigenvalue weighted by Crippen LogP contribution is 2.30. The van der Waals surface area contributed by atoms with Gasteiger partial charge >= 0.3 is 11.9 Å². The topological polar surface area (TPSA) is 96.2 Å². The maximum atomic E-state index is 13.7. The van der Waals surface area contributed by atoms with Crippen LogP contribution in [-0.4, -0.2) is 30.2 Å². The molecule has 208 valence electrons. The number of methoxy groups -OCH3 is 1. The summed E-state index contributed by atoms with van der Waals surface area (Å²) < 4.78 is 31.4. The van der Waals surface area contributed by atoms with Crippen molar-refractivity contribution < 1.29 is 28.2 Å². The zero-order chi connectivity index (χ0) is 29.1. The van der Waals surface area contributed by atoms with Crippen LogP contribution in [0, 0.1) is 5.82 Å². The van der Waals surface area contributed by atoms with Gasteiger partial charge in [0.05, 0.1) is 41.1 Å². The molecule has 5 rings (SSSR count). The Morgan fingerprint density at radius 2 is 1.63 bits per heavy atom. The van der Waals surface area contributed by atoms with Gasteiger partial charge in [0.1, 0.15) is 17.3 Å². The molecule has 41 heavy (non-hydrogen) atoms. The summed E-state index contributed by atoms with van der Waals surface area (Å²) in [5, 5.41) is 0. The molecule has 0 saturated carbocycles. The SMILES string of the molecule is CCOC(=O)C1=C(C)N=c2s/c(=C\c3ccc(OC(=O)c4ccc(OC)cc4)cc3)c(=O)n2[C@H]1c1ccc(F)cc1. The summed E-state index contributed by atoms with van der Waals surface area (Å²) >= 11 is 1.18. The molecule has 1 aromatic heterocycles. The van der Waals surface area contributed by atoms with E-state index < -0.39 is 23.8 Å². The Labute approximate surface area is 238 Å². The predicted octanol–water partition coefficient (Wildman–Crippen LogP) is 4.17. The first kappa shape index (κ1) is 27.7. The van der Waals surface area contributed by atoms with Gasteiger partial charge in [0.2, 0.25) is 0 Å². The standard InChI is InChI=1S/C31H25FN2O6S/c1-4-39-30(37)26-18(2)33-31-34(27(26)20-7-11-22(32)12-8-20)28(35)25(41-31)17-19-5-13-24(14-6-19)40-29(36)21-9-15-23(38-3)16-10-21/h5-17,27H,4H2,1-3H3/b25-17-/t27-/m0/s1. The minimum Gasteiger partial charge on any atom is -0.497 e. The van der Waals surface area contributed by atoms with Crippen molar-refractivity contribution in [3.63, 3.8) is 0 Å². The van der Waals surface area contributed by atoms with E-state index in [1.807, 2.05) is 0 Å². The number of hydrogen-bond acceptors (Lipinski definition) is 8. The van der Waals surface area contributed by atoms with E-state index in [0.717, 1.165) is 0 Å². The lowest BCUT2D eigenvalue weighted by Gasteiger charge is -2.24. The lowest BCUT2D eigenvalue weighted by Crippen LogP contribution is -2.39. The van der Waals surface area contributed by atoms with Crippen LogP contribution in [0.1, 0.15) is 41.4 Å². The summed E-state index contributed by atoms with van der Waals surface area (Å²) in [4.78, 5) is 44.0. The van der Waals surface area contributed by atoms with E-state index in [4.69, 9.17) is 14.2 Å². The third kappa shape index (κ3) is 5.73. The van der Waals surface area contributed by atoms with Gasteiger partial charge in [-0.05, 0) is 79.6 Å². The van der Waals surface area contributed by atoms with Crippen molar-refractivity contribution in [2.45, 2.75) is 19.9 Å². The Morgan fingerprint density at radius 1 is 0.976 bits per heavy atom. The molecule has 4 aromatic rings. The molecule has 1 aliphatic rings. The van der Waals surface area contributed by atoms with Crippen LogP contribution < -0.4 is 24.4 Å². The largest absolute Gasteiger partial charge is 0.497 e. The Hall–Kier alpha value is -4.83. The zero-order valence-electron chi connectivity index (χ0n) is 22.4. The predicted molar refractivity (Wildman–Crippen MR) is 151 cm³/mol. The van der Waals surface area contributed by atoms with E-state index in [1.54, 1.807) is 87.7 Å². The lowest BCUT2D eigenvalue weighted by atomic mass is 9.96. The van der Waals surface area contributed by atoms with Crippen LogP contribution in [0.3, 0.4) is 0 Å². The zero-order valence-corrected chi connectivity index (χ0v) is 23.2. The number of thiazole rings is 1. The van der Waals surface area contributed by atoms with Crippen LogP contribution in [0.4, 0.5) is 4.39 Å². The van der Waals surface area contributed by atoms with Gasteiger partial charge < -0.3 is 14.2 Å². The molecule has 1 atom stereocenters. The minimum absolute atomic E-state index is 0.154. The first-order chi connectivity index (χ1) is 19.8. The average molecular weight is 573 g/mol. The van der Waals surface area contributed by atoms with Gasteiger partial charge in [-0.3, -0.25) is 9.36 Å². The van der Waals surface area contributed by atoms with E-state index in [1.165, 1.54) is 28.0 Å². The van der Waals surface area contributed by atoms with Crippen LogP contribution in [0.15, 0.2) is 93.9 Å². The third-order valence-corrected chi connectivity index (χ3v) is 7.40. The quantitative estimate of drug-likeness (QED) is 0.244. The number of nitrogens with zero attached hydrogens (tertiary/aromatic N) is 2. The van der Waals surface area contributed by atoms with Crippen molar-refractivity contribution in [2.24, 2.45) is 4.99 Å². The Morgan fingerprint density at radius 3 is 2.27 bits per heavy atom. The minimum atomic E-state index is -0.826. The molecule has 10 heteroatoms. The molecule has 0 amide bonds. The summed E-state index contributed by atoms with van der Waals surface area (Å²) in [5.74, 6) is -0.556. The van der Waals surface area contributed by atoms with E-state index in [0.29, 0.717) is 43.2 Å². The molecule has 8 nitrogen and oxygen atoms in total. The molecule has 0 radical (unpaired) electrons. The fraction of sp³-hybridized carbons (Fsp3) is 0.161. The Kier molecular flexibility index (Phi) is 7.93. The van der Waals surface area contributed by atoms with Gasteiger partial charge in [-0.15, -0.1) is 0 Å².